The number of hydrogen-bond donors (Lipinski definition) is 2. The van der Waals surface area contributed by atoms with Crippen LogP contribution in [0.3, 0.4) is 0 Å². The van der Waals surface area contributed by atoms with E-state index >= 15 is 0 Å². The van der Waals surface area contributed by atoms with Crippen LogP contribution in [0.4, 0.5) is 10.5 Å². The molecule has 0 fully saturated rings. The predicted molar refractivity (Wildman–Crippen MR) is 176 cm³/mol. The van der Waals surface area contributed by atoms with Crippen LogP contribution < -0.4 is 20.9 Å². The van der Waals surface area contributed by atoms with E-state index in [1.54, 1.807) is 62.8 Å². The number of amides is 2. The van der Waals surface area contributed by atoms with E-state index in [1.165, 1.54) is 4.68 Å². The molecule has 0 bridgehead atoms. The first-order valence-electron chi connectivity index (χ1n) is 15.1. The summed E-state index contributed by atoms with van der Waals surface area (Å²) >= 11 is 6.20. The number of hydrogen-bond acceptors (Lipinski definition) is 8. The highest BCUT2D eigenvalue weighted by atomic mass is 35.5. The van der Waals surface area contributed by atoms with E-state index in [9.17, 15) is 14.4 Å². The monoisotopic (exact) mass is 652 g/mol. The Morgan fingerprint density at radius 3 is 2.43 bits per heavy atom. The number of benzene rings is 2. The van der Waals surface area contributed by atoms with E-state index in [-0.39, 0.29) is 42.4 Å². The van der Waals surface area contributed by atoms with Crippen molar-refractivity contribution >= 4 is 29.3 Å². The molecule has 2 heterocycles. The van der Waals surface area contributed by atoms with Crippen molar-refractivity contribution in [3.8, 4) is 22.9 Å². The highest BCUT2D eigenvalue weighted by Gasteiger charge is 2.28. The number of rotatable bonds is 12. The summed E-state index contributed by atoms with van der Waals surface area (Å²) in [5, 5.41) is 14.5. The molecular weight excluding hydrogens is 612 g/mol. The summed E-state index contributed by atoms with van der Waals surface area (Å²) in [4.78, 5) is 39.4. The highest BCUT2D eigenvalue weighted by molar-refractivity contribution is 6.30. The lowest BCUT2D eigenvalue weighted by Gasteiger charge is -2.22. The van der Waals surface area contributed by atoms with Gasteiger partial charge in [0.15, 0.2) is 0 Å². The average Bonchev–Trinajstić information content (AvgIpc) is 3.50. The number of halogens is 1. The van der Waals surface area contributed by atoms with Crippen LogP contribution in [0.15, 0.2) is 57.7 Å². The number of nitrogens with one attached hydrogen (secondary N) is 2. The third-order valence-electron chi connectivity index (χ3n) is 6.89. The Hall–Kier alpha value is -4.58. The van der Waals surface area contributed by atoms with E-state index in [1.807, 2.05) is 39.0 Å². The van der Waals surface area contributed by atoms with Gasteiger partial charge in [-0.15, -0.1) is 10.2 Å². The summed E-state index contributed by atoms with van der Waals surface area (Å²) in [7, 11) is 1.74. The number of carbonyl (C=O) groups is 2. The minimum Gasteiger partial charge on any atom is -0.493 e. The van der Waals surface area contributed by atoms with Gasteiger partial charge in [0.05, 0.1) is 23.6 Å². The summed E-state index contributed by atoms with van der Waals surface area (Å²) in [6.07, 6.45) is 0.0533. The molecule has 0 saturated carbocycles. The Labute approximate surface area is 273 Å². The molecule has 0 atom stereocenters. The van der Waals surface area contributed by atoms with Gasteiger partial charge in [0.1, 0.15) is 17.0 Å². The fourth-order valence-electron chi connectivity index (χ4n) is 4.99. The largest absolute Gasteiger partial charge is 0.493 e. The zero-order valence-electron chi connectivity index (χ0n) is 27.3. The van der Waals surface area contributed by atoms with Gasteiger partial charge in [0.25, 0.3) is 11.4 Å². The standard InChI is InChI=1S/C33H41ClN6O6/c1-8-44-25-15-14-21(34)18-23(25)29-38-37-27(45-29)20-33(5,6)19-26(41)36-28-24(16-17-35-31(43)46-32(2,3)4)39(7)40(30(28)42)22-12-10-9-11-13-22/h9-15,18H,8,16-17,19-20H2,1-7H3,(H,35,43)(H,36,41). The van der Waals surface area contributed by atoms with E-state index in [4.69, 9.17) is 25.5 Å². The van der Waals surface area contributed by atoms with Crippen molar-refractivity contribution in [2.75, 3.05) is 18.5 Å². The van der Waals surface area contributed by atoms with Crippen LogP contribution in [0.25, 0.3) is 17.1 Å². The fraction of sp³-hybridized carbons (Fsp3) is 0.424. The zero-order valence-corrected chi connectivity index (χ0v) is 28.0. The number of anilines is 1. The first-order valence-corrected chi connectivity index (χ1v) is 15.4. The zero-order chi connectivity index (χ0) is 33.6. The molecule has 4 aromatic rings. The van der Waals surface area contributed by atoms with Crippen molar-refractivity contribution in [3.05, 3.63) is 75.5 Å². The summed E-state index contributed by atoms with van der Waals surface area (Å²) in [5.74, 6) is 0.816. The number of nitrogens with zero attached hydrogens (tertiary/aromatic N) is 4. The lowest BCUT2D eigenvalue weighted by molar-refractivity contribution is -0.118. The topological polar surface area (TPSA) is 143 Å². The maximum absolute atomic E-state index is 13.7. The van der Waals surface area contributed by atoms with Gasteiger partial charge in [-0.1, -0.05) is 43.6 Å². The van der Waals surface area contributed by atoms with Gasteiger partial charge >= 0.3 is 6.09 Å². The van der Waals surface area contributed by atoms with Crippen molar-refractivity contribution in [1.82, 2.24) is 24.9 Å². The van der Waals surface area contributed by atoms with Gasteiger partial charge in [-0.25, -0.2) is 9.48 Å². The molecule has 0 aliphatic heterocycles. The fourth-order valence-corrected chi connectivity index (χ4v) is 5.16. The maximum Gasteiger partial charge on any atom is 0.407 e. The molecule has 2 amide bonds. The number of para-hydroxylation sites is 1. The molecule has 13 heteroatoms. The van der Waals surface area contributed by atoms with E-state index in [0.717, 1.165) is 0 Å². The smallest absolute Gasteiger partial charge is 0.407 e. The minimum atomic E-state index is -0.649. The Balaban J connectivity index is 1.51. The Bertz CT molecular complexity index is 1740. The molecule has 0 aliphatic carbocycles. The molecule has 2 aromatic carbocycles. The molecule has 2 N–H and O–H groups in total. The van der Waals surface area contributed by atoms with Gasteiger partial charge in [-0.2, -0.15) is 0 Å². The lowest BCUT2D eigenvalue weighted by atomic mass is 9.85. The molecule has 2 aromatic heterocycles. The van der Waals surface area contributed by atoms with Gasteiger partial charge in [0.2, 0.25) is 11.8 Å². The van der Waals surface area contributed by atoms with Crippen molar-refractivity contribution in [2.45, 2.75) is 66.4 Å². The van der Waals surface area contributed by atoms with E-state index in [2.05, 4.69) is 20.8 Å². The van der Waals surface area contributed by atoms with Crippen LogP contribution >= 0.6 is 11.6 Å². The summed E-state index contributed by atoms with van der Waals surface area (Å²) in [5.41, 5.74) is 0.250. The van der Waals surface area contributed by atoms with Crippen molar-refractivity contribution in [2.24, 2.45) is 12.5 Å². The Kier molecular flexibility index (Phi) is 10.6. The molecular formula is C33H41ClN6O6. The quantitative estimate of drug-likeness (QED) is 0.191. The molecule has 0 saturated heterocycles. The summed E-state index contributed by atoms with van der Waals surface area (Å²) < 4.78 is 20.1. The van der Waals surface area contributed by atoms with Crippen LogP contribution in [0, 0.1) is 5.41 Å². The normalized spacial score (nSPS) is 11.7. The van der Waals surface area contributed by atoms with Crippen molar-refractivity contribution in [1.29, 1.82) is 0 Å². The molecule has 246 valence electrons. The average molecular weight is 653 g/mol. The SMILES string of the molecule is CCOc1ccc(Cl)cc1-c1nnc(CC(C)(C)CC(=O)Nc2c(CCNC(=O)OC(C)(C)C)n(C)n(-c3ccccc3)c2=O)o1. The van der Waals surface area contributed by atoms with Crippen LogP contribution in [0.1, 0.15) is 59.5 Å². The second-order valence-electron chi connectivity index (χ2n) is 12.6. The second kappa shape index (κ2) is 14.2. The minimum absolute atomic E-state index is 0.0569. The molecule has 46 heavy (non-hydrogen) atoms. The van der Waals surface area contributed by atoms with Crippen molar-refractivity contribution < 1.29 is 23.5 Å². The number of alkyl carbamates (subject to hydrolysis) is 1. The summed E-state index contributed by atoms with van der Waals surface area (Å²) in [6, 6.07) is 14.3. The third kappa shape index (κ3) is 8.78. The predicted octanol–water partition coefficient (Wildman–Crippen LogP) is 5.94. The van der Waals surface area contributed by atoms with Gasteiger partial charge < -0.3 is 24.5 Å². The van der Waals surface area contributed by atoms with Crippen LogP contribution in [0.5, 0.6) is 5.75 Å². The second-order valence-corrected chi connectivity index (χ2v) is 13.1. The maximum atomic E-state index is 13.7. The first-order chi connectivity index (χ1) is 21.7. The summed E-state index contributed by atoms with van der Waals surface area (Å²) in [6.45, 7) is 11.7. The van der Waals surface area contributed by atoms with E-state index in [0.29, 0.717) is 46.6 Å². The van der Waals surface area contributed by atoms with Crippen LogP contribution in [-0.2, 0) is 29.4 Å². The molecule has 4 rings (SSSR count). The molecule has 12 nitrogen and oxygen atoms in total. The van der Waals surface area contributed by atoms with Gasteiger partial charge in [0, 0.05) is 37.9 Å². The Morgan fingerprint density at radius 1 is 1.04 bits per heavy atom. The molecule has 0 unspecified atom stereocenters. The van der Waals surface area contributed by atoms with Crippen LogP contribution in [0.2, 0.25) is 5.02 Å². The molecule has 0 radical (unpaired) electrons. The van der Waals surface area contributed by atoms with Gasteiger partial charge in [-0.3, -0.25) is 14.3 Å². The molecule has 0 aliphatic rings. The van der Waals surface area contributed by atoms with Crippen LogP contribution in [-0.4, -0.2) is 50.3 Å². The highest BCUT2D eigenvalue weighted by Crippen LogP contribution is 2.33. The number of ether oxygens (including phenoxy) is 2. The van der Waals surface area contributed by atoms with Gasteiger partial charge in [-0.05, 0) is 63.4 Å². The van der Waals surface area contributed by atoms with E-state index < -0.39 is 17.1 Å². The van der Waals surface area contributed by atoms with Crippen molar-refractivity contribution in [3.63, 3.8) is 0 Å². The molecule has 0 spiro atoms. The number of carbonyl (C=O) groups excluding carboxylic acids is 2. The first kappa shape index (κ1) is 34.3. The Morgan fingerprint density at radius 2 is 1.76 bits per heavy atom. The number of aromatic nitrogens is 4. The third-order valence-corrected chi connectivity index (χ3v) is 7.12. The lowest BCUT2D eigenvalue weighted by Crippen LogP contribution is -2.34.